The number of carbonyl (C=O) groups is 1. The molecule has 2 N–H and O–H groups in total. The zero-order valence-electron chi connectivity index (χ0n) is 14.9. The fraction of sp³-hybridized carbons (Fsp3) is 0.941. The van der Waals surface area contributed by atoms with Gasteiger partial charge in [-0.05, 0) is 34.1 Å². The van der Waals surface area contributed by atoms with Crippen molar-refractivity contribution in [3.05, 3.63) is 0 Å². The third-order valence-electron chi connectivity index (χ3n) is 4.16. The molecule has 0 radical (unpaired) electrons. The smallest absolute Gasteiger partial charge is 0.303 e. The number of likely N-dealkylation sites (N-methyl/N-ethyl adjacent to an activating group) is 1. The highest BCUT2D eigenvalue weighted by Crippen LogP contribution is 2.06. The zero-order chi connectivity index (χ0) is 16.7. The van der Waals surface area contributed by atoms with Crippen LogP contribution in [0.3, 0.4) is 0 Å². The Morgan fingerprint density at radius 3 is 1.71 bits per heavy atom. The van der Waals surface area contributed by atoms with Gasteiger partial charge in [0.25, 0.3) is 0 Å². The largest absolute Gasteiger partial charge is 0.481 e. The first kappa shape index (κ1) is 22.7. The van der Waals surface area contributed by atoms with Crippen LogP contribution in [-0.2, 0) is 4.79 Å². The predicted octanol–water partition coefficient (Wildman–Crippen LogP) is 3.68. The van der Waals surface area contributed by atoms with Gasteiger partial charge in [-0.25, -0.2) is 0 Å². The Balaban J connectivity index is 0. The summed E-state index contributed by atoms with van der Waals surface area (Å²) in [4.78, 5) is 10.0. The molecule has 1 atom stereocenters. The Hall–Kier alpha value is -0.610. The number of hydrogen-bond donors (Lipinski definition) is 2. The van der Waals surface area contributed by atoms with Crippen molar-refractivity contribution in [3.8, 4) is 0 Å². The molecule has 0 saturated heterocycles. The van der Waals surface area contributed by atoms with Crippen molar-refractivity contribution >= 4 is 5.97 Å². The van der Waals surface area contributed by atoms with Crippen molar-refractivity contribution in [2.75, 3.05) is 26.2 Å². The molecule has 0 amide bonds. The summed E-state index contributed by atoms with van der Waals surface area (Å²) in [5, 5.41) is 17.5. The fourth-order valence-electron chi connectivity index (χ4n) is 2.50. The average Bonchev–Trinajstić information content (AvgIpc) is 2.45. The van der Waals surface area contributed by atoms with Crippen molar-refractivity contribution < 1.29 is 19.5 Å². The lowest BCUT2D eigenvalue weighted by molar-refractivity contribution is -0.925. The van der Waals surface area contributed by atoms with Gasteiger partial charge in [0.15, 0.2) is 0 Å². The number of carboxylic acids is 1. The highest BCUT2D eigenvalue weighted by Gasteiger charge is 2.22. The second-order valence-corrected chi connectivity index (χ2v) is 5.88. The number of aliphatic hydroxyl groups is 1. The van der Waals surface area contributed by atoms with E-state index >= 15 is 0 Å². The topological polar surface area (TPSA) is 57.5 Å². The number of quaternary nitrogens is 1. The normalized spacial score (nSPS) is 12.5. The lowest BCUT2D eigenvalue weighted by atomic mass is 10.1. The van der Waals surface area contributed by atoms with Crippen molar-refractivity contribution in [2.24, 2.45) is 0 Å². The van der Waals surface area contributed by atoms with Gasteiger partial charge < -0.3 is 14.7 Å². The standard InChI is InChI=1S/C9H22NO.C8H16O2/c1-5-10(6-2,7-3)8-9(4)11;1-2-3-4-5-6-7-8(9)10/h9,11H,5-8H2,1-4H3;2-7H2,1H3,(H,9,10)/q+1;. The minimum absolute atomic E-state index is 0.171. The minimum atomic E-state index is -0.670. The summed E-state index contributed by atoms with van der Waals surface area (Å²) in [6.07, 6.45) is 5.71. The highest BCUT2D eigenvalue weighted by atomic mass is 16.4. The number of unbranched alkanes of at least 4 members (excludes halogenated alkanes) is 4. The van der Waals surface area contributed by atoms with Gasteiger partial charge in [0.1, 0.15) is 12.6 Å². The number of carboxylic acid groups (broad SMARTS) is 1. The maximum atomic E-state index is 10.0. The van der Waals surface area contributed by atoms with Gasteiger partial charge in [-0.15, -0.1) is 0 Å². The van der Waals surface area contributed by atoms with E-state index in [1.165, 1.54) is 19.3 Å². The highest BCUT2D eigenvalue weighted by molar-refractivity contribution is 5.66. The second-order valence-electron chi connectivity index (χ2n) is 5.88. The van der Waals surface area contributed by atoms with E-state index in [4.69, 9.17) is 5.11 Å². The molecule has 0 spiro atoms. The number of aliphatic hydroxyl groups excluding tert-OH is 1. The average molecular weight is 304 g/mol. The van der Waals surface area contributed by atoms with Gasteiger partial charge in [-0.3, -0.25) is 4.79 Å². The summed E-state index contributed by atoms with van der Waals surface area (Å²) in [7, 11) is 0. The van der Waals surface area contributed by atoms with E-state index in [0.29, 0.717) is 6.42 Å². The van der Waals surface area contributed by atoms with Gasteiger partial charge in [-0.1, -0.05) is 32.6 Å². The van der Waals surface area contributed by atoms with Crippen molar-refractivity contribution in [1.82, 2.24) is 0 Å². The molecule has 0 rings (SSSR count). The maximum absolute atomic E-state index is 10.0. The number of rotatable bonds is 11. The summed E-state index contributed by atoms with van der Waals surface area (Å²) in [6, 6.07) is 0. The molecule has 0 bridgehead atoms. The van der Waals surface area contributed by atoms with Crippen molar-refractivity contribution in [2.45, 2.75) is 79.2 Å². The molecule has 0 heterocycles. The van der Waals surface area contributed by atoms with Gasteiger partial charge in [0.2, 0.25) is 0 Å². The Kier molecular flexibility index (Phi) is 15.5. The van der Waals surface area contributed by atoms with Crippen LogP contribution in [0.25, 0.3) is 0 Å². The van der Waals surface area contributed by atoms with E-state index < -0.39 is 5.97 Å². The fourth-order valence-corrected chi connectivity index (χ4v) is 2.50. The molecular formula is C17H38NO3+. The van der Waals surface area contributed by atoms with Crippen molar-refractivity contribution in [3.63, 3.8) is 0 Å². The first-order chi connectivity index (χ1) is 9.87. The number of hydrogen-bond acceptors (Lipinski definition) is 2. The van der Waals surface area contributed by atoms with Crippen LogP contribution in [0.15, 0.2) is 0 Å². The lowest BCUT2D eigenvalue weighted by Crippen LogP contribution is -2.51. The van der Waals surface area contributed by atoms with Crippen LogP contribution in [0.1, 0.15) is 73.1 Å². The van der Waals surface area contributed by atoms with E-state index in [2.05, 4.69) is 27.7 Å². The molecule has 1 unspecified atom stereocenters. The van der Waals surface area contributed by atoms with E-state index in [0.717, 1.165) is 43.5 Å². The van der Waals surface area contributed by atoms with Crippen LogP contribution in [0.5, 0.6) is 0 Å². The van der Waals surface area contributed by atoms with Crippen LogP contribution in [0.4, 0.5) is 0 Å². The SMILES string of the molecule is CCCCCCCC(=O)O.CC[N+](CC)(CC)CC(C)O. The molecule has 0 aliphatic rings. The van der Waals surface area contributed by atoms with Crippen LogP contribution in [0, 0.1) is 0 Å². The van der Waals surface area contributed by atoms with Gasteiger partial charge in [0.05, 0.1) is 19.6 Å². The molecule has 0 aromatic carbocycles. The first-order valence-corrected chi connectivity index (χ1v) is 8.62. The van der Waals surface area contributed by atoms with E-state index in [-0.39, 0.29) is 6.10 Å². The summed E-state index contributed by atoms with van der Waals surface area (Å²) in [5.41, 5.74) is 0. The molecule has 4 heteroatoms. The summed E-state index contributed by atoms with van der Waals surface area (Å²) >= 11 is 0. The van der Waals surface area contributed by atoms with Gasteiger partial charge in [0, 0.05) is 6.42 Å². The van der Waals surface area contributed by atoms with Crippen LogP contribution >= 0.6 is 0 Å². The van der Waals surface area contributed by atoms with E-state index in [1.54, 1.807) is 0 Å². The molecule has 0 aromatic rings. The second kappa shape index (κ2) is 14.3. The summed E-state index contributed by atoms with van der Waals surface area (Å²) < 4.78 is 1.04. The molecule has 0 aromatic heterocycles. The van der Waals surface area contributed by atoms with E-state index in [1.807, 2.05) is 6.92 Å². The zero-order valence-corrected chi connectivity index (χ0v) is 14.9. The third-order valence-corrected chi connectivity index (χ3v) is 4.16. The van der Waals surface area contributed by atoms with Crippen molar-refractivity contribution in [1.29, 1.82) is 0 Å². The maximum Gasteiger partial charge on any atom is 0.303 e. The third kappa shape index (κ3) is 14.1. The first-order valence-electron chi connectivity index (χ1n) is 8.62. The lowest BCUT2D eigenvalue weighted by Gasteiger charge is -2.36. The number of aliphatic carboxylic acids is 1. The van der Waals surface area contributed by atoms with Gasteiger partial charge in [-0.2, -0.15) is 0 Å². The van der Waals surface area contributed by atoms with E-state index in [9.17, 15) is 9.90 Å². The summed E-state index contributed by atoms with van der Waals surface area (Å²) in [6.45, 7) is 14.8. The van der Waals surface area contributed by atoms with Crippen LogP contribution in [0.2, 0.25) is 0 Å². The molecule has 0 aliphatic carbocycles. The Labute approximate surface area is 131 Å². The molecule has 0 aliphatic heterocycles. The molecular weight excluding hydrogens is 266 g/mol. The van der Waals surface area contributed by atoms with Gasteiger partial charge >= 0.3 is 5.97 Å². The molecule has 128 valence electrons. The molecule has 0 fully saturated rings. The monoisotopic (exact) mass is 304 g/mol. The van der Waals surface area contributed by atoms with Crippen LogP contribution < -0.4 is 0 Å². The Bertz CT molecular complexity index is 230. The van der Waals surface area contributed by atoms with Crippen LogP contribution in [-0.4, -0.2) is 52.9 Å². The molecule has 4 nitrogen and oxygen atoms in total. The predicted molar refractivity (Wildman–Crippen MR) is 89.4 cm³/mol. The quantitative estimate of drug-likeness (QED) is 0.452. The number of nitrogens with zero attached hydrogens (tertiary/aromatic N) is 1. The summed E-state index contributed by atoms with van der Waals surface area (Å²) in [5.74, 6) is -0.670. The minimum Gasteiger partial charge on any atom is -0.481 e. The molecule has 0 saturated carbocycles. The molecule has 21 heavy (non-hydrogen) atoms. The Morgan fingerprint density at radius 2 is 1.43 bits per heavy atom. The Morgan fingerprint density at radius 1 is 0.952 bits per heavy atom.